The van der Waals surface area contributed by atoms with Crippen molar-refractivity contribution in [2.45, 2.75) is 146 Å². The Kier molecular flexibility index (Phi) is 11.5. The van der Waals surface area contributed by atoms with Crippen molar-refractivity contribution >= 4 is 40.2 Å². The van der Waals surface area contributed by atoms with Crippen LogP contribution in [0.5, 0.6) is 0 Å². The second-order valence-corrected chi connectivity index (χ2v) is 17.7. The lowest BCUT2D eigenvalue weighted by molar-refractivity contribution is -0.141. The first kappa shape index (κ1) is 40.4. The largest absolute Gasteiger partial charge is 0.444 e. The summed E-state index contributed by atoms with van der Waals surface area (Å²) >= 11 is 0. The van der Waals surface area contributed by atoms with Crippen LogP contribution < -0.4 is 15.4 Å². The molecule has 0 spiro atoms. The van der Waals surface area contributed by atoms with E-state index < -0.39 is 86.9 Å². The molecule has 5 aliphatic rings. The van der Waals surface area contributed by atoms with Gasteiger partial charge in [0.2, 0.25) is 11.8 Å². The first-order chi connectivity index (χ1) is 25.9. The first-order valence-electron chi connectivity index (χ1n) is 19.2. The molecule has 3 N–H and O–H groups in total. The number of alkyl carbamates (subject to hydrolysis) is 1. The molecule has 0 bridgehead atoms. The minimum Gasteiger partial charge on any atom is -0.444 e. The summed E-state index contributed by atoms with van der Waals surface area (Å²) in [5.41, 5.74) is -2.33. The average Bonchev–Trinajstić information content (AvgIpc) is 3.87. The summed E-state index contributed by atoms with van der Waals surface area (Å²) in [6.45, 7) is 6.87. The molecule has 17 heteroatoms. The molecule has 2 saturated carbocycles. The Morgan fingerprint density at radius 3 is 2.55 bits per heavy atom. The van der Waals surface area contributed by atoms with Gasteiger partial charge in [-0.15, -0.1) is 0 Å². The van der Waals surface area contributed by atoms with Crippen molar-refractivity contribution in [3.05, 3.63) is 47.3 Å². The molecule has 1 saturated heterocycles. The fraction of sp³-hybridized carbons (Fsp3) is 0.658. The van der Waals surface area contributed by atoms with E-state index in [-0.39, 0.29) is 38.9 Å². The fourth-order valence-corrected chi connectivity index (χ4v) is 8.94. The number of rotatable bonds is 8. The van der Waals surface area contributed by atoms with Crippen molar-refractivity contribution in [2.24, 2.45) is 5.92 Å². The topological polar surface area (TPSA) is 190 Å². The van der Waals surface area contributed by atoms with Gasteiger partial charge < -0.3 is 25.0 Å². The van der Waals surface area contributed by atoms with Gasteiger partial charge in [0.25, 0.3) is 5.91 Å². The van der Waals surface area contributed by atoms with Crippen molar-refractivity contribution in [1.29, 1.82) is 0 Å². The van der Waals surface area contributed by atoms with Gasteiger partial charge in [-0.3, -0.25) is 19.3 Å². The van der Waals surface area contributed by atoms with Crippen molar-refractivity contribution in [1.82, 2.24) is 25.2 Å². The van der Waals surface area contributed by atoms with Gasteiger partial charge >= 0.3 is 22.5 Å². The Bertz CT molecular complexity index is 1830. The van der Waals surface area contributed by atoms with E-state index in [0.717, 1.165) is 6.42 Å². The van der Waals surface area contributed by atoms with Gasteiger partial charge in [-0.05, 0) is 77.3 Å². The van der Waals surface area contributed by atoms with Crippen LogP contribution in [-0.4, -0.2) is 89.6 Å². The first-order valence-corrected chi connectivity index (χ1v) is 20.6. The highest BCUT2D eigenvalue weighted by Gasteiger charge is 2.62. The monoisotopic (exact) mass is 789 g/mol. The molecule has 302 valence electrons. The zero-order valence-electron chi connectivity index (χ0n) is 31.9. The highest BCUT2D eigenvalue weighted by Crippen LogP contribution is 2.47. The van der Waals surface area contributed by atoms with Gasteiger partial charge in [0.1, 0.15) is 35.1 Å². The molecular formula is C38H52FN5O10S. The number of hydrogen-bond donors (Lipinski definition) is 3. The standard InChI is InChI=1S/C38H52FN5O10S/c1-5-16-37(17-18-37)54-55(50,51)42-33(47)38-20-25(38)13-9-7-6-8-10-15-29(40-34(48)53-36(2,3)4)32(46)44-22-26(19-30(44)31(45)41-38)52-35(49)43-21-24-12-11-14-28(39)27(24)23-43/h9,11-14,25-26,29-30H,5-8,10,15-23H2,1-4H3,(H,40,48)(H,41,45)(H,42,47)/t25-,26-,29+,30+,38-/m1/s1. The van der Waals surface area contributed by atoms with Crippen LogP contribution in [0.1, 0.15) is 109 Å². The molecule has 3 heterocycles. The number of nitrogens with one attached hydrogen (secondary N) is 3. The summed E-state index contributed by atoms with van der Waals surface area (Å²) < 4.78 is 59.4. The van der Waals surface area contributed by atoms with Crippen LogP contribution in [0.4, 0.5) is 14.0 Å². The van der Waals surface area contributed by atoms with Crippen molar-refractivity contribution in [3.63, 3.8) is 0 Å². The summed E-state index contributed by atoms with van der Waals surface area (Å²) in [6, 6.07) is 2.23. The number of carbonyl (C=O) groups excluding carboxylic acids is 5. The van der Waals surface area contributed by atoms with Crippen LogP contribution in [0.2, 0.25) is 0 Å². The minimum atomic E-state index is -4.53. The summed E-state index contributed by atoms with van der Waals surface area (Å²) in [4.78, 5) is 71.4. The van der Waals surface area contributed by atoms with E-state index in [1.807, 2.05) is 17.7 Å². The molecule has 3 aliphatic heterocycles. The number of amides is 5. The number of ether oxygens (including phenoxy) is 2. The van der Waals surface area contributed by atoms with Crippen molar-refractivity contribution < 1.29 is 50.4 Å². The molecule has 3 fully saturated rings. The van der Waals surface area contributed by atoms with Gasteiger partial charge in [0, 0.05) is 24.4 Å². The average molecular weight is 790 g/mol. The zero-order valence-corrected chi connectivity index (χ0v) is 32.7. The minimum absolute atomic E-state index is 0.0132. The van der Waals surface area contributed by atoms with Crippen molar-refractivity contribution in [3.8, 4) is 0 Å². The molecule has 15 nitrogen and oxygen atoms in total. The Morgan fingerprint density at radius 1 is 1.09 bits per heavy atom. The van der Waals surface area contributed by atoms with E-state index in [1.54, 1.807) is 39.0 Å². The number of allylic oxidation sites excluding steroid dienone is 1. The molecule has 0 unspecified atom stereocenters. The predicted molar refractivity (Wildman–Crippen MR) is 195 cm³/mol. The number of halogens is 1. The van der Waals surface area contributed by atoms with E-state index >= 15 is 0 Å². The highest BCUT2D eigenvalue weighted by molar-refractivity contribution is 7.85. The van der Waals surface area contributed by atoms with E-state index in [2.05, 4.69) is 10.6 Å². The summed E-state index contributed by atoms with van der Waals surface area (Å²) in [5, 5.41) is 5.44. The smallest absolute Gasteiger partial charge is 0.410 e. The summed E-state index contributed by atoms with van der Waals surface area (Å²) in [6.07, 6.45) is 6.24. The lowest BCUT2D eigenvalue weighted by atomic mass is 10.0. The summed E-state index contributed by atoms with van der Waals surface area (Å²) in [5.74, 6) is -3.32. The highest BCUT2D eigenvalue weighted by atomic mass is 32.2. The molecule has 1 aromatic carbocycles. The van der Waals surface area contributed by atoms with Crippen LogP contribution in [-0.2, 0) is 51.4 Å². The number of benzene rings is 1. The quantitative estimate of drug-likeness (QED) is 0.321. The van der Waals surface area contributed by atoms with Crippen LogP contribution in [0.25, 0.3) is 0 Å². The van der Waals surface area contributed by atoms with Gasteiger partial charge in [0.05, 0.1) is 18.7 Å². The van der Waals surface area contributed by atoms with Gasteiger partial charge in [-0.2, -0.15) is 8.42 Å². The molecule has 0 aromatic heterocycles. The van der Waals surface area contributed by atoms with Gasteiger partial charge in [-0.1, -0.05) is 50.5 Å². The zero-order chi connectivity index (χ0) is 39.8. The maximum Gasteiger partial charge on any atom is 0.410 e. The van der Waals surface area contributed by atoms with Crippen LogP contribution in [0.3, 0.4) is 0 Å². The second-order valence-electron chi connectivity index (χ2n) is 16.4. The molecule has 2 aliphatic carbocycles. The number of carbonyl (C=O) groups is 5. The molecule has 5 atom stereocenters. The third-order valence-electron chi connectivity index (χ3n) is 10.8. The van der Waals surface area contributed by atoms with Crippen molar-refractivity contribution in [2.75, 3.05) is 6.54 Å². The molecule has 55 heavy (non-hydrogen) atoms. The van der Waals surface area contributed by atoms with Crippen LogP contribution in [0.15, 0.2) is 30.4 Å². The van der Waals surface area contributed by atoms with Crippen LogP contribution in [0, 0.1) is 11.7 Å². The number of nitrogens with zero attached hydrogens (tertiary/aromatic N) is 2. The third-order valence-corrected chi connectivity index (χ3v) is 11.8. The number of hydrogen-bond acceptors (Lipinski definition) is 10. The molecule has 6 rings (SSSR count). The third kappa shape index (κ3) is 9.59. The van der Waals surface area contributed by atoms with Gasteiger partial charge in [0.15, 0.2) is 0 Å². The molecule has 1 aromatic rings. The maximum absolute atomic E-state index is 14.5. The second kappa shape index (κ2) is 15.7. The van der Waals surface area contributed by atoms with Crippen LogP contribution >= 0.6 is 0 Å². The summed E-state index contributed by atoms with van der Waals surface area (Å²) in [7, 11) is -4.53. The van der Waals surface area contributed by atoms with E-state index in [0.29, 0.717) is 56.1 Å². The van der Waals surface area contributed by atoms with Gasteiger partial charge in [-0.25, -0.2) is 22.9 Å². The van der Waals surface area contributed by atoms with E-state index in [1.165, 1.54) is 15.9 Å². The molecule has 0 radical (unpaired) electrons. The Labute approximate surface area is 321 Å². The molecule has 5 amide bonds. The Morgan fingerprint density at radius 2 is 1.85 bits per heavy atom. The fourth-order valence-electron chi connectivity index (χ4n) is 7.77. The number of fused-ring (bicyclic) bond motifs is 3. The molecular weight excluding hydrogens is 738 g/mol. The Hall–Kier alpha value is -4.25. The lowest BCUT2D eigenvalue weighted by Crippen LogP contribution is -2.58. The lowest BCUT2D eigenvalue weighted by Gasteiger charge is -2.30. The Balaban J connectivity index is 1.24. The SMILES string of the molecule is CCCC1(OS(=O)(=O)NC(=O)[C@@]23C[C@H]2C=CCCCCC[C@H](NC(=O)OC(C)(C)C)C(=O)N2C[C@H](OC(=O)N4Cc5cccc(F)c5C4)C[C@H]2C(=O)N3)CC1. The predicted octanol–water partition coefficient (Wildman–Crippen LogP) is 4.25. The normalized spacial score (nSPS) is 27.7. The maximum atomic E-state index is 14.5. The van der Waals surface area contributed by atoms with E-state index in [9.17, 15) is 36.8 Å². The van der Waals surface area contributed by atoms with E-state index in [4.69, 9.17) is 13.7 Å².